The van der Waals surface area contributed by atoms with Crippen molar-refractivity contribution in [3.05, 3.63) is 46.9 Å². The van der Waals surface area contributed by atoms with Crippen LogP contribution in [0.2, 0.25) is 0 Å². The van der Waals surface area contributed by atoms with E-state index in [1.807, 2.05) is 18.2 Å². The largest absolute Gasteiger partial charge is 0.465 e. The minimum absolute atomic E-state index is 0.0866. The highest BCUT2D eigenvalue weighted by molar-refractivity contribution is 6.00. The Morgan fingerprint density at radius 1 is 1.16 bits per heavy atom. The summed E-state index contributed by atoms with van der Waals surface area (Å²) in [5, 5.41) is 0. The van der Waals surface area contributed by atoms with Crippen LogP contribution in [0.3, 0.4) is 0 Å². The Labute approximate surface area is 146 Å². The van der Waals surface area contributed by atoms with Gasteiger partial charge in [0.15, 0.2) is 0 Å². The van der Waals surface area contributed by atoms with Gasteiger partial charge in [-0.25, -0.2) is 9.78 Å². The summed E-state index contributed by atoms with van der Waals surface area (Å²) < 4.78 is 4.80. The second-order valence-electron chi connectivity index (χ2n) is 6.08. The maximum Gasteiger partial charge on any atom is 0.339 e. The number of aromatic amines is 1. The number of methoxy groups -OCH3 is 1. The van der Waals surface area contributed by atoms with Crippen LogP contribution in [0.4, 0.5) is 5.82 Å². The zero-order valence-electron chi connectivity index (χ0n) is 14.7. The number of aromatic nitrogens is 2. The molecule has 1 fully saturated rings. The van der Waals surface area contributed by atoms with Gasteiger partial charge >= 0.3 is 5.97 Å². The predicted octanol–water partition coefficient (Wildman–Crippen LogP) is 1.78. The van der Waals surface area contributed by atoms with Crippen LogP contribution in [0.1, 0.15) is 32.1 Å². The SMILES string of the molecule is COC(=O)c1c(C)[nH]c(C(=O)N2CCN(c3ccccn3)CC2)c1C. The van der Waals surface area contributed by atoms with E-state index in [0.29, 0.717) is 35.6 Å². The van der Waals surface area contributed by atoms with Crippen molar-refractivity contribution in [2.75, 3.05) is 38.2 Å². The monoisotopic (exact) mass is 342 g/mol. The third kappa shape index (κ3) is 3.22. The lowest BCUT2D eigenvalue weighted by Gasteiger charge is -2.35. The number of ether oxygens (including phenoxy) is 1. The fourth-order valence-electron chi connectivity index (χ4n) is 3.21. The van der Waals surface area contributed by atoms with Crippen molar-refractivity contribution < 1.29 is 14.3 Å². The van der Waals surface area contributed by atoms with E-state index in [1.54, 1.807) is 24.9 Å². The topological polar surface area (TPSA) is 78.5 Å². The Morgan fingerprint density at radius 2 is 1.88 bits per heavy atom. The lowest BCUT2D eigenvalue weighted by Crippen LogP contribution is -2.49. The molecule has 3 rings (SSSR count). The number of carbonyl (C=O) groups excluding carboxylic acids is 2. The van der Waals surface area contributed by atoms with Crippen LogP contribution in [0.15, 0.2) is 24.4 Å². The molecule has 7 nitrogen and oxygen atoms in total. The quantitative estimate of drug-likeness (QED) is 0.860. The molecule has 2 aromatic rings. The molecule has 1 aliphatic rings. The van der Waals surface area contributed by atoms with E-state index < -0.39 is 5.97 Å². The molecule has 1 saturated heterocycles. The molecule has 1 aliphatic heterocycles. The molecule has 132 valence electrons. The van der Waals surface area contributed by atoms with Crippen LogP contribution in [-0.4, -0.2) is 60.0 Å². The fraction of sp³-hybridized carbons (Fsp3) is 0.389. The molecule has 0 aromatic carbocycles. The first-order valence-electron chi connectivity index (χ1n) is 8.25. The van der Waals surface area contributed by atoms with Crippen molar-refractivity contribution in [3.63, 3.8) is 0 Å². The Balaban J connectivity index is 1.72. The smallest absolute Gasteiger partial charge is 0.339 e. The van der Waals surface area contributed by atoms with Gasteiger partial charge in [0.05, 0.1) is 12.7 Å². The number of amides is 1. The number of aryl methyl sites for hydroxylation is 1. The number of anilines is 1. The molecule has 0 atom stereocenters. The van der Waals surface area contributed by atoms with Gasteiger partial charge in [0.25, 0.3) is 5.91 Å². The minimum Gasteiger partial charge on any atom is -0.465 e. The highest BCUT2D eigenvalue weighted by Gasteiger charge is 2.28. The molecule has 1 N–H and O–H groups in total. The van der Waals surface area contributed by atoms with E-state index in [1.165, 1.54) is 7.11 Å². The molecule has 25 heavy (non-hydrogen) atoms. The van der Waals surface area contributed by atoms with E-state index in [9.17, 15) is 9.59 Å². The Hall–Kier alpha value is -2.83. The summed E-state index contributed by atoms with van der Waals surface area (Å²) in [7, 11) is 1.34. The van der Waals surface area contributed by atoms with Crippen LogP contribution in [0, 0.1) is 13.8 Å². The molecule has 0 radical (unpaired) electrons. The molecule has 0 unspecified atom stereocenters. The van der Waals surface area contributed by atoms with Gasteiger partial charge in [-0.1, -0.05) is 6.07 Å². The van der Waals surface area contributed by atoms with Crippen LogP contribution in [-0.2, 0) is 4.74 Å². The van der Waals surface area contributed by atoms with Gasteiger partial charge in [-0.15, -0.1) is 0 Å². The Bertz CT molecular complexity index is 777. The van der Waals surface area contributed by atoms with Crippen molar-refractivity contribution in [2.24, 2.45) is 0 Å². The molecular weight excluding hydrogens is 320 g/mol. The minimum atomic E-state index is -0.426. The van der Waals surface area contributed by atoms with Crippen LogP contribution in [0.5, 0.6) is 0 Å². The summed E-state index contributed by atoms with van der Waals surface area (Å²) in [5.74, 6) is 0.413. The molecular formula is C18H22N4O3. The Kier molecular flexibility index (Phi) is 4.74. The van der Waals surface area contributed by atoms with Crippen molar-refractivity contribution in [1.82, 2.24) is 14.9 Å². The maximum absolute atomic E-state index is 12.8. The maximum atomic E-state index is 12.8. The molecule has 2 aromatic heterocycles. The number of H-pyrrole nitrogens is 1. The van der Waals surface area contributed by atoms with Gasteiger partial charge in [0, 0.05) is 38.1 Å². The number of esters is 1. The van der Waals surface area contributed by atoms with E-state index in [4.69, 9.17) is 4.74 Å². The summed E-state index contributed by atoms with van der Waals surface area (Å²) in [6.07, 6.45) is 1.77. The number of nitrogens with one attached hydrogen (secondary N) is 1. The number of carbonyl (C=O) groups is 2. The van der Waals surface area contributed by atoms with Gasteiger partial charge in [0.2, 0.25) is 0 Å². The Morgan fingerprint density at radius 3 is 2.48 bits per heavy atom. The van der Waals surface area contributed by atoms with Crippen molar-refractivity contribution >= 4 is 17.7 Å². The molecule has 3 heterocycles. The van der Waals surface area contributed by atoms with Crippen LogP contribution >= 0.6 is 0 Å². The van der Waals surface area contributed by atoms with Gasteiger partial charge in [0.1, 0.15) is 11.5 Å². The molecule has 0 bridgehead atoms. The molecule has 0 aliphatic carbocycles. The van der Waals surface area contributed by atoms with Crippen molar-refractivity contribution in [1.29, 1.82) is 0 Å². The van der Waals surface area contributed by atoms with Crippen molar-refractivity contribution in [2.45, 2.75) is 13.8 Å². The third-order valence-corrected chi connectivity index (χ3v) is 4.58. The molecule has 7 heteroatoms. The fourth-order valence-corrected chi connectivity index (χ4v) is 3.21. The van der Waals surface area contributed by atoms with E-state index in [2.05, 4.69) is 14.9 Å². The average molecular weight is 342 g/mol. The zero-order valence-corrected chi connectivity index (χ0v) is 14.7. The first-order valence-corrected chi connectivity index (χ1v) is 8.25. The number of hydrogen-bond donors (Lipinski definition) is 1. The van der Waals surface area contributed by atoms with E-state index >= 15 is 0 Å². The second kappa shape index (κ2) is 6.96. The van der Waals surface area contributed by atoms with Gasteiger partial charge in [-0.3, -0.25) is 4.79 Å². The number of rotatable bonds is 3. The highest BCUT2D eigenvalue weighted by Crippen LogP contribution is 2.21. The second-order valence-corrected chi connectivity index (χ2v) is 6.08. The number of pyridine rings is 1. The highest BCUT2D eigenvalue weighted by atomic mass is 16.5. The first kappa shape index (κ1) is 17.0. The summed E-state index contributed by atoms with van der Waals surface area (Å²) in [4.78, 5) is 36.1. The zero-order chi connectivity index (χ0) is 18.0. The first-order chi connectivity index (χ1) is 12.0. The van der Waals surface area contributed by atoms with Crippen LogP contribution in [0.25, 0.3) is 0 Å². The number of hydrogen-bond acceptors (Lipinski definition) is 5. The van der Waals surface area contributed by atoms with Crippen molar-refractivity contribution in [3.8, 4) is 0 Å². The van der Waals surface area contributed by atoms with Gasteiger partial charge < -0.3 is 19.5 Å². The number of piperazine rings is 1. The molecule has 1 amide bonds. The normalized spacial score (nSPS) is 14.5. The third-order valence-electron chi connectivity index (χ3n) is 4.58. The lowest BCUT2D eigenvalue weighted by atomic mass is 10.1. The van der Waals surface area contributed by atoms with E-state index in [-0.39, 0.29) is 5.91 Å². The summed E-state index contributed by atoms with van der Waals surface area (Å²) in [6, 6.07) is 5.82. The number of nitrogens with zero attached hydrogens (tertiary/aromatic N) is 3. The van der Waals surface area contributed by atoms with Gasteiger partial charge in [-0.05, 0) is 31.5 Å². The lowest BCUT2D eigenvalue weighted by molar-refractivity contribution is 0.0599. The van der Waals surface area contributed by atoms with E-state index in [0.717, 1.165) is 18.9 Å². The summed E-state index contributed by atoms with van der Waals surface area (Å²) >= 11 is 0. The average Bonchev–Trinajstić information content (AvgIpc) is 2.95. The van der Waals surface area contributed by atoms with Crippen LogP contribution < -0.4 is 4.90 Å². The molecule has 0 saturated carbocycles. The predicted molar refractivity (Wildman–Crippen MR) is 94.0 cm³/mol. The van der Waals surface area contributed by atoms with Gasteiger partial charge in [-0.2, -0.15) is 0 Å². The molecule has 0 spiro atoms. The standard InChI is InChI=1S/C18H22N4O3/c1-12-15(18(24)25-3)13(2)20-16(12)17(23)22-10-8-21(9-11-22)14-6-4-5-7-19-14/h4-7,20H,8-11H2,1-3H3. The summed E-state index contributed by atoms with van der Waals surface area (Å²) in [6.45, 7) is 6.22. The summed E-state index contributed by atoms with van der Waals surface area (Å²) in [5.41, 5.74) is 2.20.